The van der Waals surface area contributed by atoms with Crippen molar-refractivity contribution in [3.05, 3.63) is 29.8 Å². The number of ether oxygens (including phenoxy) is 1. The summed E-state index contributed by atoms with van der Waals surface area (Å²) in [5, 5.41) is 0. The van der Waals surface area contributed by atoms with E-state index in [1.807, 2.05) is 18.2 Å². The summed E-state index contributed by atoms with van der Waals surface area (Å²) < 4.78 is 5.65. The van der Waals surface area contributed by atoms with Crippen LogP contribution < -0.4 is 4.74 Å². The van der Waals surface area contributed by atoms with Crippen molar-refractivity contribution in [3.63, 3.8) is 0 Å². The molecule has 26 heavy (non-hydrogen) atoms. The molecule has 0 heterocycles. The average molecular weight is 385 g/mol. The van der Waals surface area contributed by atoms with Crippen molar-refractivity contribution in [1.82, 2.24) is 9.80 Å². The van der Waals surface area contributed by atoms with Gasteiger partial charge in [0.05, 0.1) is 0 Å². The highest BCUT2D eigenvalue weighted by Crippen LogP contribution is 2.30. The third-order valence-corrected chi connectivity index (χ3v) is 4.52. The van der Waals surface area contributed by atoms with E-state index in [2.05, 4.69) is 52.8 Å². The molecule has 0 aromatic heterocycles. The first-order chi connectivity index (χ1) is 11.9. The number of benzene rings is 1. The van der Waals surface area contributed by atoms with Gasteiger partial charge in [0.15, 0.2) is 0 Å². The first kappa shape index (κ1) is 24.7. The van der Waals surface area contributed by atoms with Gasteiger partial charge in [-0.3, -0.25) is 0 Å². The molecule has 0 bridgehead atoms. The average Bonchev–Trinajstić information content (AvgIpc) is 2.55. The topological polar surface area (TPSA) is 32.8 Å². The van der Waals surface area contributed by atoms with Gasteiger partial charge in [-0.1, -0.05) is 39.8 Å². The van der Waals surface area contributed by atoms with Gasteiger partial charge in [-0.15, -0.1) is 12.4 Å². The van der Waals surface area contributed by atoms with Crippen molar-refractivity contribution in [2.24, 2.45) is 5.92 Å². The summed E-state index contributed by atoms with van der Waals surface area (Å²) in [6.45, 7) is 11.2. The minimum atomic E-state index is -0.241. The van der Waals surface area contributed by atoms with Crippen LogP contribution in [0.15, 0.2) is 24.3 Å². The second-order valence-corrected chi connectivity index (χ2v) is 7.18. The van der Waals surface area contributed by atoms with Crippen molar-refractivity contribution in [2.45, 2.75) is 52.9 Å². The normalized spacial score (nSPS) is 13.0. The first-order valence-electron chi connectivity index (χ1n) is 9.64. The Morgan fingerprint density at radius 2 is 1.73 bits per heavy atom. The van der Waals surface area contributed by atoms with Gasteiger partial charge >= 0.3 is 6.09 Å². The molecule has 4 nitrogen and oxygen atoms in total. The standard InChI is InChI=1S/C21H36N2O2.ClH/c1-7-13-23(14-8-2)21(24)25-19-12-10-11-18(15-19)20(9-3)17(4)16-22(5)6;/h10-12,15,17,20H,7-9,13-14,16H2,1-6H3;1H/t17-,20+;/m0./s1. The molecule has 1 aromatic rings. The number of rotatable bonds is 10. The Bertz CT molecular complexity index is 516. The number of amides is 1. The van der Waals surface area contributed by atoms with Crippen molar-refractivity contribution in [2.75, 3.05) is 33.7 Å². The summed E-state index contributed by atoms with van der Waals surface area (Å²) in [4.78, 5) is 16.4. The van der Waals surface area contributed by atoms with Gasteiger partial charge in [0.25, 0.3) is 0 Å². The molecule has 0 radical (unpaired) electrons. The van der Waals surface area contributed by atoms with E-state index in [0.29, 0.717) is 17.6 Å². The van der Waals surface area contributed by atoms with Crippen LogP contribution in [-0.4, -0.2) is 49.6 Å². The Balaban J connectivity index is 0.00000625. The smallest absolute Gasteiger partial charge is 0.410 e. The Labute approximate surface area is 166 Å². The van der Waals surface area contributed by atoms with E-state index >= 15 is 0 Å². The van der Waals surface area contributed by atoms with Crippen LogP contribution in [0.4, 0.5) is 4.79 Å². The van der Waals surface area contributed by atoms with Crippen LogP contribution in [0.5, 0.6) is 5.75 Å². The second-order valence-electron chi connectivity index (χ2n) is 7.18. The van der Waals surface area contributed by atoms with E-state index in [-0.39, 0.29) is 18.5 Å². The van der Waals surface area contributed by atoms with Crippen LogP contribution in [0, 0.1) is 5.92 Å². The van der Waals surface area contributed by atoms with Gasteiger partial charge in [-0.2, -0.15) is 0 Å². The van der Waals surface area contributed by atoms with Crippen LogP contribution in [0.2, 0.25) is 0 Å². The molecule has 1 amide bonds. The molecule has 0 aliphatic carbocycles. The minimum Gasteiger partial charge on any atom is -0.410 e. The number of nitrogens with zero attached hydrogens (tertiary/aromatic N) is 2. The molecule has 0 aliphatic rings. The fourth-order valence-electron chi connectivity index (χ4n) is 3.48. The molecule has 0 fully saturated rings. The highest BCUT2D eigenvalue weighted by Gasteiger charge is 2.20. The number of halogens is 1. The Morgan fingerprint density at radius 1 is 1.12 bits per heavy atom. The number of hydrogen-bond acceptors (Lipinski definition) is 3. The maximum atomic E-state index is 12.4. The molecule has 0 saturated carbocycles. The van der Waals surface area contributed by atoms with Gasteiger partial charge in [0, 0.05) is 19.6 Å². The second kappa shape index (κ2) is 13.0. The fourth-order valence-corrected chi connectivity index (χ4v) is 3.48. The lowest BCUT2D eigenvalue weighted by atomic mass is 9.85. The molecule has 1 aromatic carbocycles. The molecule has 1 rings (SSSR count). The SMILES string of the molecule is CCCN(CCC)C(=O)Oc1cccc([C@H](CC)[C@@H](C)CN(C)C)c1.Cl. The number of carbonyl (C=O) groups excluding carboxylic acids is 1. The Kier molecular flexibility index (Phi) is 12.4. The number of hydrogen-bond donors (Lipinski definition) is 0. The fraction of sp³-hybridized carbons (Fsp3) is 0.667. The van der Waals surface area contributed by atoms with Crippen LogP contribution in [0.3, 0.4) is 0 Å². The summed E-state index contributed by atoms with van der Waals surface area (Å²) in [6, 6.07) is 8.05. The Morgan fingerprint density at radius 3 is 2.23 bits per heavy atom. The summed E-state index contributed by atoms with van der Waals surface area (Å²) in [7, 11) is 4.22. The molecule has 0 N–H and O–H groups in total. The van der Waals surface area contributed by atoms with E-state index in [0.717, 1.165) is 38.9 Å². The molecular formula is C21H37ClN2O2. The van der Waals surface area contributed by atoms with Crippen LogP contribution in [0.25, 0.3) is 0 Å². The maximum Gasteiger partial charge on any atom is 0.415 e. The quantitative estimate of drug-likeness (QED) is 0.539. The van der Waals surface area contributed by atoms with Crippen LogP contribution >= 0.6 is 12.4 Å². The summed E-state index contributed by atoms with van der Waals surface area (Å²) in [5.41, 5.74) is 1.25. The lowest BCUT2D eigenvalue weighted by molar-refractivity contribution is 0.152. The van der Waals surface area contributed by atoms with Crippen molar-refractivity contribution < 1.29 is 9.53 Å². The predicted molar refractivity (Wildman–Crippen MR) is 113 cm³/mol. The van der Waals surface area contributed by atoms with Crippen LogP contribution in [0.1, 0.15) is 58.4 Å². The molecule has 0 unspecified atom stereocenters. The third-order valence-electron chi connectivity index (χ3n) is 4.52. The van der Waals surface area contributed by atoms with E-state index < -0.39 is 0 Å². The summed E-state index contributed by atoms with van der Waals surface area (Å²) >= 11 is 0. The van der Waals surface area contributed by atoms with Crippen molar-refractivity contribution in [3.8, 4) is 5.75 Å². The van der Waals surface area contributed by atoms with Gasteiger partial charge in [-0.25, -0.2) is 4.79 Å². The largest absolute Gasteiger partial charge is 0.415 e. The van der Waals surface area contributed by atoms with Gasteiger partial charge in [0.2, 0.25) is 0 Å². The van der Waals surface area contributed by atoms with Crippen LogP contribution in [-0.2, 0) is 0 Å². The molecule has 0 aliphatic heterocycles. The maximum absolute atomic E-state index is 12.4. The molecule has 2 atom stereocenters. The molecular weight excluding hydrogens is 348 g/mol. The zero-order valence-corrected chi connectivity index (χ0v) is 18.1. The third kappa shape index (κ3) is 7.96. The molecule has 150 valence electrons. The van der Waals surface area contributed by atoms with E-state index in [4.69, 9.17) is 4.74 Å². The highest BCUT2D eigenvalue weighted by atomic mass is 35.5. The molecule has 0 spiro atoms. The molecule has 0 saturated heterocycles. The predicted octanol–water partition coefficient (Wildman–Crippen LogP) is 5.42. The van der Waals surface area contributed by atoms with E-state index in [9.17, 15) is 4.79 Å². The lowest BCUT2D eigenvalue weighted by Crippen LogP contribution is -2.34. The zero-order chi connectivity index (χ0) is 18.8. The van der Waals surface area contributed by atoms with Gasteiger partial charge in [0.1, 0.15) is 5.75 Å². The summed E-state index contributed by atoms with van der Waals surface area (Å²) in [5.74, 6) is 1.65. The van der Waals surface area contributed by atoms with Gasteiger partial charge < -0.3 is 14.5 Å². The number of carbonyl (C=O) groups is 1. The molecule has 5 heteroatoms. The van der Waals surface area contributed by atoms with E-state index in [1.54, 1.807) is 4.90 Å². The first-order valence-corrected chi connectivity index (χ1v) is 9.64. The highest BCUT2D eigenvalue weighted by molar-refractivity contribution is 5.85. The van der Waals surface area contributed by atoms with Gasteiger partial charge in [-0.05, 0) is 62.9 Å². The lowest BCUT2D eigenvalue weighted by Gasteiger charge is -2.26. The van der Waals surface area contributed by atoms with Crippen molar-refractivity contribution >= 4 is 18.5 Å². The summed E-state index contributed by atoms with van der Waals surface area (Å²) in [6.07, 6.45) is 2.71. The zero-order valence-electron chi connectivity index (χ0n) is 17.3. The monoisotopic (exact) mass is 384 g/mol. The minimum absolute atomic E-state index is 0. The van der Waals surface area contributed by atoms with E-state index in [1.165, 1.54) is 5.56 Å². The Hall–Kier alpha value is -1.26. The van der Waals surface area contributed by atoms with Crippen molar-refractivity contribution in [1.29, 1.82) is 0 Å².